The third-order valence-corrected chi connectivity index (χ3v) is 5.13. The van der Waals surface area contributed by atoms with Gasteiger partial charge in [-0.1, -0.05) is 37.6 Å². The standard InChI is InChI=1S/C23H29NO2/c1-3-6-19-10-14-22(15-11-19)26-17-20-8-12-21(13-9-20)23(25)24-16-5-4-7-18(24)2/h8-15,18H,3-7,16-17H2,1-2H3. The van der Waals surface area contributed by atoms with Crippen LogP contribution >= 0.6 is 0 Å². The molecule has 1 aliphatic heterocycles. The molecule has 1 atom stereocenters. The third-order valence-electron chi connectivity index (χ3n) is 5.13. The van der Waals surface area contributed by atoms with Gasteiger partial charge in [-0.25, -0.2) is 0 Å². The lowest BCUT2D eigenvalue weighted by Gasteiger charge is -2.33. The zero-order chi connectivity index (χ0) is 18.4. The molecule has 1 unspecified atom stereocenters. The number of amides is 1. The van der Waals surface area contributed by atoms with Crippen molar-refractivity contribution >= 4 is 5.91 Å². The van der Waals surface area contributed by atoms with Crippen LogP contribution in [-0.2, 0) is 13.0 Å². The monoisotopic (exact) mass is 351 g/mol. The number of hydrogen-bond acceptors (Lipinski definition) is 2. The van der Waals surface area contributed by atoms with Crippen molar-refractivity contribution in [3.63, 3.8) is 0 Å². The van der Waals surface area contributed by atoms with Crippen molar-refractivity contribution in [3.8, 4) is 5.75 Å². The second-order valence-electron chi connectivity index (χ2n) is 7.22. The number of likely N-dealkylation sites (tertiary alicyclic amines) is 1. The number of piperidine rings is 1. The van der Waals surface area contributed by atoms with Gasteiger partial charge < -0.3 is 9.64 Å². The molecule has 1 saturated heterocycles. The minimum Gasteiger partial charge on any atom is -0.489 e. The SMILES string of the molecule is CCCc1ccc(OCc2ccc(C(=O)N3CCCCC3C)cc2)cc1. The van der Waals surface area contributed by atoms with E-state index in [1.165, 1.54) is 12.0 Å². The molecule has 0 N–H and O–H groups in total. The molecular weight excluding hydrogens is 322 g/mol. The summed E-state index contributed by atoms with van der Waals surface area (Å²) in [5, 5.41) is 0. The number of carbonyl (C=O) groups excluding carboxylic acids is 1. The van der Waals surface area contributed by atoms with Crippen LogP contribution in [0.5, 0.6) is 5.75 Å². The van der Waals surface area contributed by atoms with Crippen LogP contribution in [0.1, 0.15) is 61.0 Å². The predicted molar refractivity (Wildman–Crippen MR) is 106 cm³/mol. The predicted octanol–water partition coefficient (Wildman–Crippen LogP) is 5.23. The van der Waals surface area contributed by atoms with Crippen LogP contribution in [0.15, 0.2) is 48.5 Å². The fraction of sp³-hybridized carbons (Fsp3) is 0.435. The maximum Gasteiger partial charge on any atom is 0.254 e. The first-order chi connectivity index (χ1) is 12.7. The highest BCUT2D eigenvalue weighted by molar-refractivity contribution is 5.94. The molecule has 1 heterocycles. The van der Waals surface area contributed by atoms with E-state index in [2.05, 4.69) is 26.0 Å². The molecule has 1 fully saturated rings. The molecule has 26 heavy (non-hydrogen) atoms. The Morgan fingerprint density at radius 2 is 1.73 bits per heavy atom. The Labute approximate surface area is 157 Å². The van der Waals surface area contributed by atoms with E-state index in [0.717, 1.165) is 49.1 Å². The molecule has 0 aromatic heterocycles. The van der Waals surface area contributed by atoms with Crippen molar-refractivity contribution in [2.45, 2.75) is 58.6 Å². The van der Waals surface area contributed by atoms with Gasteiger partial charge in [-0.15, -0.1) is 0 Å². The Bertz CT molecular complexity index is 706. The van der Waals surface area contributed by atoms with Gasteiger partial charge in [0.15, 0.2) is 0 Å². The number of carbonyl (C=O) groups is 1. The lowest BCUT2D eigenvalue weighted by molar-refractivity contribution is 0.0635. The quantitative estimate of drug-likeness (QED) is 0.713. The van der Waals surface area contributed by atoms with Crippen molar-refractivity contribution in [1.29, 1.82) is 0 Å². The Kier molecular flexibility index (Phi) is 6.32. The molecule has 3 nitrogen and oxygen atoms in total. The van der Waals surface area contributed by atoms with Crippen molar-refractivity contribution in [2.75, 3.05) is 6.54 Å². The molecule has 0 bridgehead atoms. The number of benzene rings is 2. The van der Waals surface area contributed by atoms with E-state index < -0.39 is 0 Å². The summed E-state index contributed by atoms with van der Waals surface area (Å²) in [6, 6.07) is 16.5. The van der Waals surface area contributed by atoms with E-state index in [9.17, 15) is 4.79 Å². The van der Waals surface area contributed by atoms with Gasteiger partial charge in [0.05, 0.1) is 0 Å². The lowest BCUT2D eigenvalue weighted by atomic mass is 10.0. The van der Waals surface area contributed by atoms with Crippen molar-refractivity contribution in [1.82, 2.24) is 4.90 Å². The number of rotatable bonds is 6. The Hall–Kier alpha value is -2.29. The summed E-state index contributed by atoms with van der Waals surface area (Å²) in [6.45, 7) is 5.72. The average Bonchev–Trinajstić information content (AvgIpc) is 2.68. The average molecular weight is 351 g/mol. The summed E-state index contributed by atoms with van der Waals surface area (Å²) in [7, 11) is 0. The Morgan fingerprint density at radius 1 is 1.04 bits per heavy atom. The van der Waals surface area contributed by atoms with E-state index >= 15 is 0 Å². The van der Waals surface area contributed by atoms with Crippen LogP contribution in [0.2, 0.25) is 0 Å². The van der Waals surface area contributed by atoms with E-state index in [1.54, 1.807) is 0 Å². The summed E-state index contributed by atoms with van der Waals surface area (Å²) in [5.74, 6) is 1.03. The summed E-state index contributed by atoms with van der Waals surface area (Å²) >= 11 is 0. The van der Waals surface area contributed by atoms with Gasteiger partial charge in [0.1, 0.15) is 12.4 Å². The molecule has 3 heteroatoms. The molecule has 0 radical (unpaired) electrons. The van der Waals surface area contributed by atoms with E-state index in [1.807, 2.05) is 41.3 Å². The van der Waals surface area contributed by atoms with Crippen LogP contribution in [-0.4, -0.2) is 23.4 Å². The van der Waals surface area contributed by atoms with Crippen LogP contribution in [0.4, 0.5) is 0 Å². The van der Waals surface area contributed by atoms with Crippen molar-refractivity contribution in [3.05, 3.63) is 65.2 Å². The maximum atomic E-state index is 12.7. The Morgan fingerprint density at radius 3 is 2.38 bits per heavy atom. The molecule has 1 amide bonds. The van der Waals surface area contributed by atoms with Gasteiger partial charge in [-0.05, 0) is 68.0 Å². The van der Waals surface area contributed by atoms with Crippen molar-refractivity contribution < 1.29 is 9.53 Å². The minimum atomic E-state index is 0.149. The largest absolute Gasteiger partial charge is 0.489 e. The summed E-state index contributed by atoms with van der Waals surface area (Å²) < 4.78 is 5.86. The number of hydrogen-bond donors (Lipinski definition) is 0. The maximum absolute atomic E-state index is 12.7. The molecule has 3 rings (SSSR count). The second kappa shape index (κ2) is 8.88. The van der Waals surface area contributed by atoms with Gasteiger partial charge >= 0.3 is 0 Å². The minimum absolute atomic E-state index is 0.149. The molecule has 2 aromatic carbocycles. The summed E-state index contributed by atoms with van der Waals surface area (Å²) in [4.78, 5) is 14.7. The summed E-state index contributed by atoms with van der Waals surface area (Å²) in [5.41, 5.74) is 3.19. The lowest BCUT2D eigenvalue weighted by Crippen LogP contribution is -2.42. The molecule has 1 aliphatic rings. The second-order valence-corrected chi connectivity index (χ2v) is 7.22. The van der Waals surface area contributed by atoms with Gasteiger partial charge in [0, 0.05) is 18.2 Å². The van der Waals surface area contributed by atoms with E-state index in [0.29, 0.717) is 12.6 Å². The fourth-order valence-electron chi connectivity index (χ4n) is 3.52. The van der Waals surface area contributed by atoms with E-state index in [4.69, 9.17) is 4.74 Å². The van der Waals surface area contributed by atoms with Gasteiger partial charge in [-0.3, -0.25) is 4.79 Å². The van der Waals surface area contributed by atoms with Gasteiger partial charge in [-0.2, -0.15) is 0 Å². The number of aryl methyl sites for hydroxylation is 1. The first-order valence-corrected chi connectivity index (χ1v) is 9.79. The smallest absolute Gasteiger partial charge is 0.254 e. The van der Waals surface area contributed by atoms with Crippen LogP contribution in [0.25, 0.3) is 0 Å². The first kappa shape index (κ1) is 18.5. The molecule has 0 spiro atoms. The topological polar surface area (TPSA) is 29.5 Å². The van der Waals surface area contributed by atoms with Crippen LogP contribution in [0.3, 0.4) is 0 Å². The Balaban J connectivity index is 1.56. The van der Waals surface area contributed by atoms with Gasteiger partial charge in [0.25, 0.3) is 5.91 Å². The zero-order valence-electron chi connectivity index (χ0n) is 15.9. The molecular formula is C23H29NO2. The van der Waals surface area contributed by atoms with Crippen molar-refractivity contribution in [2.24, 2.45) is 0 Å². The number of ether oxygens (including phenoxy) is 1. The molecule has 0 aliphatic carbocycles. The summed E-state index contributed by atoms with van der Waals surface area (Å²) in [6.07, 6.45) is 5.70. The molecule has 0 saturated carbocycles. The van der Waals surface area contributed by atoms with Crippen LogP contribution in [0, 0.1) is 0 Å². The highest BCUT2D eigenvalue weighted by Crippen LogP contribution is 2.20. The van der Waals surface area contributed by atoms with Gasteiger partial charge in [0.2, 0.25) is 0 Å². The third kappa shape index (κ3) is 4.66. The first-order valence-electron chi connectivity index (χ1n) is 9.79. The number of nitrogens with zero attached hydrogens (tertiary/aromatic N) is 1. The highest BCUT2D eigenvalue weighted by atomic mass is 16.5. The normalized spacial score (nSPS) is 17.2. The highest BCUT2D eigenvalue weighted by Gasteiger charge is 2.23. The zero-order valence-corrected chi connectivity index (χ0v) is 15.9. The molecule has 138 valence electrons. The molecule has 2 aromatic rings. The van der Waals surface area contributed by atoms with Crippen LogP contribution < -0.4 is 4.74 Å². The fourth-order valence-corrected chi connectivity index (χ4v) is 3.52. The van der Waals surface area contributed by atoms with E-state index in [-0.39, 0.29) is 5.91 Å².